The molecule has 0 amide bonds. The Kier molecular flexibility index (Phi) is 2.33. The molecule has 1 N–H and O–H groups in total. The van der Waals surface area contributed by atoms with Crippen LogP contribution in [0.1, 0.15) is 12.5 Å². The SMILES string of the molecule is CC[S+]1Cc2cc(Br)ccc2N1. The van der Waals surface area contributed by atoms with E-state index in [1.807, 2.05) is 0 Å². The van der Waals surface area contributed by atoms with Crippen molar-refractivity contribution >= 4 is 32.7 Å². The number of hydrogen-bond acceptors (Lipinski definition) is 1. The highest BCUT2D eigenvalue weighted by molar-refractivity contribution is 9.10. The van der Waals surface area contributed by atoms with Crippen molar-refractivity contribution in [3.05, 3.63) is 28.2 Å². The van der Waals surface area contributed by atoms with E-state index >= 15 is 0 Å². The molecule has 0 aromatic heterocycles. The van der Waals surface area contributed by atoms with Crippen LogP contribution in [0.4, 0.5) is 5.69 Å². The quantitative estimate of drug-likeness (QED) is 0.750. The van der Waals surface area contributed by atoms with Crippen molar-refractivity contribution in [1.82, 2.24) is 0 Å². The fourth-order valence-corrected chi connectivity index (χ4v) is 3.29. The van der Waals surface area contributed by atoms with Gasteiger partial charge in [-0.25, -0.2) is 4.72 Å². The predicted octanol–water partition coefficient (Wildman–Crippen LogP) is 2.93. The molecule has 1 aromatic carbocycles. The summed E-state index contributed by atoms with van der Waals surface area (Å²) < 4.78 is 4.70. The van der Waals surface area contributed by atoms with Gasteiger partial charge in [-0.2, -0.15) is 0 Å². The summed E-state index contributed by atoms with van der Waals surface area (Å²) in [5.74, 6) is 2.43. The van der Waals surface area contributed by atoms with Gasteiger partial charge < -0.3 is 0 Å². The minimum Gasteiger partial charge on any atom is -0.206 e. The number of anilines is 1. The zero-order chi connectivity index (χ0) is 8.55. The van der Waals surface area contributed by atoms with Gasteiger partial charge in [-0.3, -0.25) is 0 Å². The van der Waals surface area contributed by atoms with Gasteiger partial charge in [-0.05, 0) is 25.1 Å². The number of benzene rings is 1. The summed E-state index contributed by atoms with van der Waals surface area (Å²) in [6.45, 7) is 2.23. The second kappa shape index (κ2) is 3.30. The second-order valence-electron chi connectivity index (χ2n) is 2.83. The Balaban J connectivity index is 2.30. The van der Waals surface area contributed by atoms with Crippen LogP contribution < -0.4 is 4.72 Å². The molecule has 1 atom stereocenters. The monoisotopic (exact) mass is 244 g/mol. The standard InChI is InChI=1S/C9H11BrNS/c1-2-12-6-7-5-8(10)3-4-9(7)11-12/h3-5,11H,2,6H2,1H3/q+1. The third kappa shape index (κ3) is 1.48. The summed E-state index contributed by atoms with van der Waals surface area (Å²) in [5.41, 5.74) is 2.78. The highest BCUT2D eigenvalue weighted by Gasteiger charge is 2.27. The smallest absolute Gasteiger partial charge is 0.160 e. The molecule has 0 spiro atoms. The molecule has 2 rings (SSSR count). The Bertz CT molecular complexity index is 301. The molecule has 1 aliphatic heterocycles. The van der Waals surface area contributed by atoms with Crippen molar-refractivity contribution in [3.63, 3.8) is 0 Å². The van der Waals surface area contributed by atoms with E-state index in [4.69, 9.17) is 0 Å². The minimum absolute atomic E-state index is 0.390. The fourth-order valence-electron chi connectivity index (χ4n) is 1.33. The third-order valence-corrected chi connectivity index (χ3v) is 4.36. The molecule has 1 nitrogen and oxygen atoms in total. The van der Waals surface area contributed by atoms with E-state index in [2.05, 4.69) is 45.8 Å². The van der Waals surface area contributed by atoms with E-state index in [1.54, 1.807) is 0 Å². The van der Waals surface area contributed by atoms with Gasteiger partial charge in [-0.1, -0.05) is 15.9 Å². The highest BCUT2D eigenvalue weighted by Crippen LogP contribution is 2.30. The molecular weight excluding hydrogens is 234 g/mol. The largest absolute Gasteiger partial charge is 0.206 e. The number of fused-ring (bicyclic) bond motifs is 1. The van der Waals surface area contributed by atoms with E-state index in [-0.39, 0.29) is 0 Å². The third-order valence-electron chi connectivity index (χ3n) is 2.00. The van der Waals surface area contributed by atoms with Crippen molar-refractivity contribution in [2.75, 3.05) is 10.5 Å². The van der Waals surface area contributed by atoms with Gasteiger partial charge in [-0.15, -0.1) is 0 Å². The average molecular weight is 245 g/mol. The molecule has 12 heavy (non-hydrogen) atoms. The van der Waals surface area contributed by atoms with Gasteiger partial charge >= 0.3 is 0 Å². The molecule has 0 saturated heterocycles. The first-order chi connectivity index (χ1) is 5.79. The lowest BCUT2D eigenvalue weighted by Gasteiger charge is -1.95. The van der Waals surface area contributed by atoms with E-state index in [9.17, 15) is 0 Å². The van der Waals surface area contributed by atoms with E-state index in [1.165, 1.54) is 27.2 Å². The van der Waals surface area contributed by atoms with Gasteiger partial charge in [0.05, 0.1) is 5.69 Å². The van der Waals surface area contributed by atoms with Crippen LogP contribution >= 0.6 is 15.9 Å². The molecule has 1 heterocycles. The lowest BCUT2D eigenvalue weighted by atomic mass is 10.2. The molecule has 0 saturated carbocycles. The summed E-state index contributed by atoms with van der Waals surface area (Å²) >= 11 is 3.87. The molecular formula is C9H11BrNS+. The summed E-state index contributed by atoms with van der Waals surface area (Å²) in [6, 6.07) is 6.46. The van der Waals surface area contributed by atoms with Gasteiger partial charge in [0.1, 0.15) is 16.8 Å². The Morgan fingerprint density at radius 2 is 2.42 bits per heavy atom. The highest BCUT2D eigenvalue weighted by atomic mass is 79.9. The van der Waals surface area contributed by atoms with Crippen LogP contribution in [0, 0.1) is 0 Å². The Labute approximate surface area is 84.2 Å². The minimum atomic E-state index is 0.390. The second-order valence-corrected chi connectivity index (χ2v) is 5.80. The first kappa shape index (κ1) is 8.45. The van der Waals surface area contributed by atoms with Crippen LogP contribution in [0.15, 0.2) is 22.7 Å². The number of hydrogen-bond donors (Lipinski definition) is 1. The topological polar surface area (TPSA) is 12.0 Å². The Morgan fingerprint density at radius 3 is 3.17 bits per heavy atom. The number of halogens is 1. The normalized spacial score (nSPS) is 20.3. The van der Waals surface area contributed by atoms with Crippen molar-refractivity contribution in [2.24, 2.45) is 0 Å². The molecule has 1 aromatic rings. The maximum absolute atomic E-state index is 3.52. The van der Waals surface area contributed by atoms with E-state index in [0.717, 1.165) is 0 Å². The van der Waals surface area contributed by atoms with Crippen molar-refractivity contribution in [1.29, 1.82) is 0 Å². The van der Waals surface area contributed by atoms with E-state index < -0.39 is 0 Å². The maximum atomic E-state index is 3.52. The van der Waals surface area contributed by atoms with Gasteiger partial charge in [0.25, 0.3) is 0 Å². The van der Waals surface area contributed by atoms with Crippen molar-refractivity contribution in [3.8, 4) is 0 Å². The van der Waals surface area contributed by atoms with Crippen LogP contribution in [-0.2, 0) is 16.8 Å². The Hall–Kier alpha value is -0.150. The Morgan fingerprint density at radius 1 is 1.58 bits per heavy atom. The van der Waals surface area contributed by atoms with Crippen LogP contribution in [0.5, 0.6) is 0 Å². The number of nitrogens with one attached hydrogen (secondary N) is 1. The molecule has 0 bridgehead atoms. The maximum Gasteiger partial charge on any atom is 0.160 e. The van der Waals surface area contributed by atoms with Crippen LogP contribution in [0.2, 0.25) is 0 Å². The van der Waals surface area contributed by atoms with Crippen molar-refractivity contribution < 1.29 is 0 Å². The summed E-state index contributed by atoms with van der Waals surface area (Å²) in [7, 11) is 0. The lowest BCUT2D eigenvalue weighted by Crippen LogP contribution is -2.10. The molecule has 0 fully saturated rings. The molecule has 3 heteroatoms. The zero-order valence-electron chi connectivity index (χ0n) is 6.93. The first-order valence-electron chi connectivity index (χ1n) is 4.02. The van der Waals surface area contributed by atoms with Crippen LogP contribution in [-0.4, -0.2) is 5.75 Å². The van der Waals surface area contributed by atoms with Gasteiger partial charge in [0, 0.05) is 10.0 Å². The molecule has 1 aliphatic rings. The van der Waals surface area contributed by atoms with Gasteiger partial charge in [0.15, 0.2) is 5.75 Å². The van der Waals surface area contributed by atoms with E-state index in [0.29, 0.717) is 11.1 Å². The summed E-state index contributed by atoms with van der Waals surface area (Å²) in [5, 5.41) is 0. The van der Waals surface area contributed by atoms with Gasteiger partial charge in [0.2, 0.25) is 0 Å². The summed E-state index contributed by atoms with van der Waals surface area (Å²) in [4.78, 5) is 0. The molecule has 0 radical (unpaired) electrons. The van der Waals surface area contributed by atoms with Crippen molar-refractivity contribution in [2.45, 2.75) is 12.7 Å². The zero-order valence-corrected chi connectivity index (χ0v) is 9.33. The molecule has 64 valence electrons. The average Bonchev–Trinajstić information content (AvgIpc) is 2.46. The lowest BCUT2D eigenvalue weighted by molar-refractivity contribution is 1.41. The number of rotatable bonds is 1. The molecule has 1 unspecified atom stereocenters. The first-order valence-corrected chi connectivity index (χ1v) is 6.38. The predicted molar refractivity (Wildman–Crippen MR) is 59.4 cm³/mol. The van der Waals surface area contributed by atoms with Crippen LogP contribution in [0.3, 0.4) is 0 Å². The molecule has 0 aliphatic carbocycles. The fraction of sp³-hybridized carbons (Fsp3) is 0.333. The summed E-state index contributed by atoms with van der Waals surface area (Å²) in [6.07, 6.45) is 0. The van der Waals surface area contributed by atoms with Crippen LogP contribution in [0.25, 0.3) is 0 Å².